The van der Waals surface area contributed by atoms with Crippen LogP contribution in [0.1, 0.15) is 56.6 Å². The Balaban J connectivity index is 1.32. The number of benzene rings is 2. The van der Waals surface area contributed by atoms with Gasteiger partial charge in [-0.2, -0.15) is 0 Å². The minimum atomic E-state index is -1.05. The number of likely N-dealkylation sites (N-methyl/N-ethyl adjacent to an activating group) is 1. The molecule has 0 aromatic heterocycles. The molecule has 2 aromatic rings. The highest BCUT2D eigenvalue weighted by molar-refractivity contribution is 5.89. The Morgan fingerprint density at radius 2 is 1.61 bits per heavy atom. The summed E-state index contributed by atoms with van der Waals surface area (Å²) >= 11 is 0. The van der Waals surface area contributed by atoms with Gasteiger partial charge in [0.1, 0.15) is 12.1 Å². The van der Waals surface area contributed by atoms with E-state index in [4.69, 9.17) is 4.74 Å². The summed E-state index contributed by atoms with van der Waals surface area (Å²) < 4.78 is 5.60. The summed E-state index contributed by atoms with van der Waals surface area (Å²) in [7, 11) is 1.54. The third kappa shape index (κ3) is 4.45. The molecule has 0 bridgehead atoms. The largest absolute Gasteiger partial charge is 0.479 e. The fraction of sp³-hybridized carbons (Fsp3) is 0.423. The van der Waals surface area contributed by atoms with Crippen LogP contribution in [-0.2, 0) is 14.3 Å². The summed E-state index contributed by atoms with van der Waals surface area (Å²) in [4.78, 5) is 37.9. The lowest BCUT2D eigenvalue weighted by Crippen LogP contribution is -2.47. The van der Waals surface area contributed by atoms with Crippen molar-refractivity contribution in [1.82, 2.24) is 10.2 Å². The number of carbonyl (C=O) groups is 3. The van der Waals surface area contributed by atoms with Gasteiger partial charge in [0.05, 0.1) is 0 Å². The molecule has 0 heterocycles. The van der Waals surface area contributed by atoms with Gasteiger partial charge in [0, 0.05) is 24.9 Å². The minimum Gasteiger partial charge on any atom is -0.479 e. The number of amides is 2. The Morgan fingerprint density at radius 3 is 2.12 bits per heavy atom. The maximum Gasteiger partial charge on any atom is 0.407 e. The van der Waals surface area contributed by atoms with Gasteiger partial charge >= 0.3 is 12.1 Å². The van der Waals surface area contributed by atoms with E-state index in [0.717, 1.165) is 11.1 Å². The number of hydrogen-bond donors (Lipinski definition) is 2. The molecule has 2 aliphatic carbocycles. The Kier molecular flexibility index (Phi) is 5.91. The first-order valence-corrected chi connectivity index (χ1v) is 11.3. The van der Waals surface area contributed by atoms with Crippen LogP contribution in [0, 0.1) is 0 Å². The predicted molar refractivity (Wildman–Crippen MR) is 124 cm³/mol. The first-order chi connectivity index (χ1) is 15.6. The van der Waals surface area contributed by atoms with Crippen LogP contribution in [0.25, 0.3) is 11.1 Å². The summed E-state index contributed by atoms with van der Waals surface area (Å²) in [5.74, 6) is -1.22. The van der Waals surface area contributed by atoms with Gasteiger partial charge < -0.3 is 20.1 Å². The highest BCUT2D eigenvalue weighted by atomic mass is 16.5. The van der Waals surface area contributed by atoms with Gasteiger partial charge in [0.2, 0.25) is 5.91 Å². The van der Waals surface area contributed by atoms with Crippen LogP contribution >= 0.6 is 0 Å². The first kappa shape index (κ1) is 22.8. The number of carboxylic acid groups (broad SMARTS) is 1. The van der Waals surface area contributed by atoms with Crippen molar-refractivity contribution in [3.8, 4) is 11.1 Å². The Bertz CT molecular complexity index is 1040. The van der Waals surface area contributed by atoms with Gasteiger partial charge in [-0.3, -0.25) is 4.79 Å². The lowest BCUT2D eigenvalue weighted by Gasteiger charge is -2.29. The fourth-order valence-corrected chi connectivity index (χ4v) is 4.61. The number of nitrogens with zero attached hydrogens (tertiary/aromatic N) is 1. The van der Waals surface area contributed by atoms with Gasteiger partial charge in [0.25, 0.3) is 0 Å². The molecule has 0 spiro atoms. The zero-order valence-corrected chi connectivity index (χ0v) is 19.3. The lowest BCUT2D eigenvalue weighted by atomic mass is 9.97. The van der Waals surface area contributed by atoms with E-state index in [1.165, 1.54) is 23.1 Å². The summed E-state index contributed by atoms with van der Waals surface area (Å²) in [6, 6.07) is 16.3. The lowest BCUT2D eigenvalue weighted by molar-refractivity contribution is -0.151. The molecule has 4 rings (SSSR count). The molecule has 0 unspecified atom stereocenters. The van der Waals surface area contributed by atoms with Crippen LogP contribution in [0.2, 0.25) is 0 Å². The van der Waals surface area contributed by atoms with Gasteiger partial charge in [-0.1, -0.05) is 48.5 Å². The molecule has 0 atom stereocenters. The van der Waals surface area contributed by atoms with E-state index in [1.807, 2.05) is 38.1 Å². The molecule has 2 amide bonds. The van der Waals surface area contributed by atoms with Gasteiger partial charge in [-0.25, -0.2) is 9.59 Å². The summed E-state index contributed by atoms with van der Waals surface area (Å²) in [5.41, 5.74) is 2.89. The summed E-state index contributed by atoms with van der Waals surface area (Å²) in [6.45, 7) is 3.87. The number of carbonyl (C=O) groups excluding carboxylic acids is 2. The van der Waals surface area contributed by atoms with Gasteiger partial charge in [-0.05, 0) is 55.4 Å². The molecule has 0 aliphatic heterocycles. The summed E-state index contributed by atoms with van der Waals surface area (Å²) in [5, 5.41) is 12.2. The summed E-state index contributed by atoms with van der Waals surface area (Å²) in [6.07, 6.45) is 0.933. The van der Waals surface area contributed by atoms with Crippen molar-refractivity contribution in [1.29, 1.82) is 0 Å². The number of carboxylic acids is 1. The average molecular weight is 451 g/mol. The maximum absolute atomic E-state index is 12.6. The molecule has 0 radical (unpaired) electrons. The van der Waals surface area contributed by atoms with E-state index in [1.54, 1.807) is 0 Å². The number of fused-ring (bicyclic) bond motifs is 3. The number of ether oxygens (including phenoxy) is 1. The van der Waals surface area contributed by atoms with E-state index in [9.17, 15) is 19.5 Å². The van der Waals surface area contributed by atoms with Crippen molar-refractivity contribution in [2.45, 2.75) is 56.5 Å². The molecule has 2 N–H and O–H groups in total. The average Bonchev–Trinajstić information content (AvgIpc) is 3.54. The smallest absolute Gasteiger partial charge is 0.407 e. The van der Waals surface area contributed by atoms with E-state index in [2.05, 4.69) is 29.6 Å². The minimum absolute atomic E-state index is 0.0211. The van der Waals surface area contributed by atoms with Crippen LogP contribution in [0.3, 0.4) is 0 Å². The predicted octanol–water partition coefficient (Wildman–Crippen LogP) is 4.16. The molecular formula is C26H30N2O5. The number of hydrogen-bond acceptors (Lipinski definition) is 4. The third-order valence-electron chi connectivity index (χ3n) is 6.89. The van der Waals surface area contributed by atoms with Crippen molar-refractivity contribution < 1.29 is 24.2 Å². The van der Waals surface area contributed by atoms with Crippen LogP contribution in [0.5, 0.6) is 0 Å². The second kappa shape index (κ2) is 8.54. The standard InChI is InChI=1S/C26H30N2O5/c1-25(2,13-12-22(29)28(3)26(14-15-26)23(30)31)27-24(32)33-16-21-19-10-6-4-8-17(19)18-9-5-7-11-20(18)21/h4-11,21H,12-16H2,1-3H3,(H,27,32)(H,30,31). The van der Waals surface area contributed by atoms with Crippen molar-refractivity contribution in [2.24, 2.45) is 0 Å². The number of nitrogens with one attached hydrogen (secondary N) is 1. The van der Waals surface area contributed by atoms with Crippen molar-refractivity contribution in [2.75, 3.05) is 13.7 Å². The second-order valence-corrected chi connectivity index (χ2v) is 9.62. The van der Waals surface area contributed by atoms with E-state index in [0.29, 0.717) is 19.3 Å². The van der Waals surface area contributed by atoms with Crippen LogP contribution in [0.15, 0.2) is 48.5 Å². The molecule has 7 nitrogen and oxygen atoms in total. The topological polar surface area (TPSA) is 95.9 Å². The molecule has 0 saturated heterocycles. The quantitative estimate of drug-likeness (QED) is 0.630. The Morgan fingerprint density at radius 1 is 1.06 bits per heavy atom. The van der Waals surface area contributed by atoms with Crippen LogP contribution < -0.4 is 5.32 Å². The van der Waals surface area contributed by atoms with E-state index < -0.39 is 23.1 Å². The SMILES string of the molecule is CN(C(=O)CCC(C)(C)NC(=O)OCC1c2ccccc2-c2ccccc21)C1(C(=O)O)CC1. The first-order valence-electron chi connectivity index (χ1n) is 11.3. The highest BCUT2D eigenvalue weighted by Crippen LogP contribution is 2.44. The van der Waals surface area contributed by atoms with E-state index in [-0.39, 0.29) is 24.9 Å². The fourth-order valence-electron chi connectivity index (χ4n) is 4.61. The zero-order valence-electron chi connectivity index (χ0n) is 19.3. The Labute approximate surface area is 193 Å². The Hall–Kier alpha value is -3.35. The monoisotopic (exact) mass is 450 g/mol. The van der Waals surface area contributed by atoms with Crippen molar-refractivity contribution in [3.05, 3.63) is 59.7 Å². The molecular weight excluding hydrogens is 420 g/mol. The number of rotatable bonds is 8. The van der Waals surface area contributed by atoms with Gasteiger partial charge in [0.15, 0.2) is 0 Å². The molecule has 1 fully saturated rings. The van der Waals surface area contributed by atoms with Gasteiger partial charge in [-0.15, -0.1) is 0 Å². The number of aliphatic carboxylic acids is 1. The van der Waals surface area contributed by atoms with Crippen molar-refractivity contribution in [3.63, 3.8) is 0 Å². The normalized spacial score (nSPS) is 15.8. The third-order valence-corrected chi connectivity index (χ3v) is 6.89. The molecule has 1 saturated carbocycles. The molecule has 7 heteroatoms. The zero-order chi connectivity index (χ0) is 23.8. The maximum atomic E-state index is 12.6. The van der Waals surface area contributed by atoms with Crippen molar-refractivity contribution >= 4 is 18.0 Å². The molecule has 33 heavy (non-hydrogen) atoms. The molecule has 174 valence electrons. The highest BCUT2D eigenvalue weighted by Gasteiger charge is 2.55. The number of alkyl carbamates (subject to hydrolysis) is 1. The van der Waals surface area contributed by atoms with Crippen LogP contribution in [-0.4, -0.2) is 52.7 Å². The second-order valence-electron chi connectivity index (χ2n) is 9.62. The van der Waals surface area contributed by atoms with Crippen LogP contribution in [0.4, 0.5) is 4.79 Å². The molecule has 2 aromatic carbocycles. The van der Waals surface area contributed by atoms with E-state index >= 15 is 0 Å². The molecule has 2 aliphatic rings.